The summed E-state index contributed by atoms with van der Waals surface area (Å²) in [4.78, 5) is 12.3. The summed E-state index contributed by atoms with van der Waals surface area (Å²) in [5, 5.41) is 7.15. The Morgan fingerprint density at radius 3 is 2.95 bits per heavy atom. The van der Waals surface area contributed by atoms with Crippen molar-refractivity contribution in [1.29, 1.82) is 0 Å². The number of nitrogens with one attached hydrogen (secondary N) is 1. The van der Waals surface area contributed by atoms with Gasteiger partial charge >= 0.3 is 0 Å². The molecule has 1 amide bonds. The van der Waals surface area contributed by atoms with Crippen LogP contribution in [0.25, 0.3) is 0 Å². The van der Waals surface area contributed by atoms with Crippen molar-refractivity contribution in [1.82, 2.24) is 19.7 Å². The average Bonchev–Trinajstić information content (AvgIpc) is 2.94. The summed E-state index contributed by atoms with van der Waals surface area (Å²) in [6.45, 7) is 1.97. The number of hydrogen-bond donors (Lipinski definition) is 1. The van der Waals surface area contributed by atoms with E-state index in [1.165, 1.54) is 12.8 Å². The quantitative estimate of drug-likeness (QED) is 0.912. The fourth-order valence-electron chi connectivity index (χ4n) is 2.27. The minimum Gasteiger partial charge on any atom is -0.344 e. The number of amides is 1. The van der Waals surface area contributed by atoms with E-state index in [2.05, 4.69) is 15.0 Å². The monoisotopic (exact) mass is 258 g/mol. The Morgan fingerprint density at radius 1 is 1.53 bits per heavy atom. The molecular weight excluding hydrogens is 240 g/mol. The summed E-state index contributed by atoms with van der Waals surface area (Å²) in [6, 6.07) is 4.29. The topological polar surface area (TPSA) is 51.9 Å². The van der Waals surface area contributed by atoms with Crippen molar-refractivity contribution in [2.24, 2.45) is 7.05 Å². The molecule has 2 heterocycles. The van der Waals surface area contributed by atoms with Crippen LogP contribution < -0.4 is 5.32 Å². The molecule has 0 aromatic carbocycles. The molecule has 19 heavy (non-hydrogen) atoms. The Labute approximate surface area is 112 Å². The van der Waals surface area contributed by atoms with E-state index in [1.54, 1.807) is 10.9 Å². The zero-order valence-corrected chi connectivity index (χ0v) is 11.2. The lowest BCUT2D eigenvalue weighted by Crippen LogP contribution is -2.28. The highest BCUT2D eigenvalue weighted by molar-refractivity contribution is 5.93. The molecule has 0 saturated heterocycles. The molecule has 1 N–H and O–H groups in total. The highest BCUT2D eigenvalue weighted by atomic mass is 16.2. The third-order valence-corrected chi connectivity index (χ3v) is 3.52. The molecule has 1 aliphatic rings. The van der Waals surface area contributed by atoms with Crippen LogP contribution in [-0.2, 0) is 7.05 Å². The van der Waals surface area contributed by atoms with E-state index in [0.717, 1.165) is 11.3 Å². The Morgan fingerprint density at radius 2 is 2.32 bits per heavy atom. The summed E-state index contributed by atoms with van der Waals surface area (Å²) in [7, 11) is 1.87. The fraction of sp³-hybridized carbons (Fsp3) is 0.429. The minimum absolute atomic E-state index is 0.0201. The third kappa shape index (κ3) is 2.41. The maximum Gasteiger partial charge on any atom is 0.268 e. The first-order valence-electron chi connectivity index (χ1n) is 6.61. The maximum absolute atomic E-state index is 12.3. The van der Waals surface area contributed by atoms with Crippen LogP contribution >= 0.6 is 0 Å². The van der Waals surface area contributed by atoms with E-state index in [0.29, 0.717) is 6.04 Å². The van der Waals surface area contributed by atoms with Gasteiger partial charge in [-0.2, -0.15) is 5.10 Å². The molecule has 1 atom stereocenters. The maximum atomic E-state index is 12.3. The van der Waals surface area contributed by atoms with Gasteiger partial charge in [-0.05, 0) is 31.9 Å². The van der Waals surface area contributed by atoms with Crippen LogP contribution in [0.1, 0.15) is 47.9 Å². The summed E-state index contributed by atoms with van der Waals surface area (Å²) >= 11 is 0. The molecule has 5 heteroatoms. The van der Waals surface area contributed by atoms with E-state index in [4.69, 9.17) is 0 Å². The molecule has 0 spiro atoms. The molecule has 1 aliphatic carbocycles. The van der Waals surface area contributed by atoms with E-state index < -0.39 is 0 Å². The van der Waals surface area contributed by atoms with Crippen molar-refractivity contribution in [3.8, 4) is 0 Å². The highest BCUT2D eigenvalue weighted by Crippen LogP contribution is 2.36. The molecule has 100 valence electrons. The van der Waals surface area contributed by atoms with Crippen molar-refractivity contribution in [2.45, 2.75) is 31.8 Å². The number of rotatable bonds is 4. The van der Waals surface area contributed by atoms with E-state index in [1.807, 2.05) is 38.5 Å². The number of hydrogen-bond acceptors (Lipinski definition) is 2. The SMILES string of the molecule is C[C@H](NC(=O)c1cccn1C1CC1)c1cnn(C)c1. The predicted molar refractivity (Wildman–Crippen MR) is 71.8 cm³/mol. The fourth-order valence-corrected chi connectivity index (χ4v) is 2.27. The van der Waals surface area contributed by atoms with Gasteiger partial charge in [0, 0.05) is 31.0 Å². The summed E-state index contributed by atoms with van der Waals surface area (Å²) in [6.07, 6.45) is 8.04. The van der Waals surface area contributed by atoms with E-state index >= 15 is 0 Å². The van der Waals surface area contributed by atoms with Crippen LogP contribution in [0, 0.1) is 0 Å². The first-order chi connectivity index (χ1) is 9.15. The van der Waals surface area contributed by atoms with Crippen LogP contribution in [0.4, 0.5) is 0 Å². The molecule has 2 aromatic rings. The molecule has 3 rings (SSSR count). The standard InChI is InChI=1S/C14H18N4O/c1-10(11-8-15-17(2)9-11)16-14(19)13-4-3-7-18(13)12-5-6-12/h3-4,7-10,12H,5-6H2,1-2H3,(H,16,19)/t10-/m0/s1. The normalized spacial score (nSPS) is 16.3. The van der Waals surface area contributed by atoms with Gasteiger partial charge in [-0.25, -0.2) is 0 Å². The van der Waals surface area contributed by atoms with Gasteiger partial charge in [-0.15, -0.1) is 0 Å². The highest BCUT2D eigenvalue weighted by Gasteiger charge is 2.27. The summed E-state index contributed by atoms with van der Waals surface area (Å²) in [5.41, 5.74) is 1.76. The Bertz CT molecular complexity index is 594. The molecule has 0 unspecified atom stereocenters. The molecule has 5 nitrogen and oxygen atoms in total. The smallest absolute Gasteiger partial charge is 0.268 e. The van der Waals surface area contributed by atoms with Crippen LogP contribution in [0.5, 0.6) is 0 Å². The van der Waals surface area contributed by atoms with Gasteiger partial charge in [0.1, 0.15) is 5.69 Å². The molecule has 0 radical (unpaired) electrons. The second-order valence-electron chi connectivity index (χ2n) is 5.17. The summed E-state index contributed by atoms with van der Waals surface area (Å²) in [5.74, 6) is -0.0201. The minimum atomic E-state index is -0.0382. The second-order valence-corrected chi connectivity index (χ2v) is 5.17. The van der Waals surface area contributed by atoms with Crippen molar-refractivity contribution < 1.29 is 4.79 Å². The van der Waals surface area contributed by atoms with Crippen LogP contribution in [0.3, 0.4) is 0 Å². The lowest BCUT2D eigenvalue weighted by molar-refractivity contribution is 0.0930. The van der Waals surface area contributed by atoms with Crippen LogP contribution in [0.15, 0.2) is 30.7 Å². The average molecular weight is 258 g/mol. The zero-order valence-electron chi connectivity index (χ0n) is 11.2. The largest absolute Gasteiger partial charge is 0.344 e. The lowest BCUT2D eigenvalue weighted by atomic mass is 10.2. The number of carbonyl (C=O) groups is 1. The van der Waals surface area contributed by atoms with Gasteiger partial charge in [0.2, 0.25) is 0 Å². The first kappa shape index (κ1) is 12.0. The van der Waals surface area contributed by atoms with Crippen LogP contribution in [0.2, 0.25) is 0 Å². The van der Waals surface area contributed by atoms with Gasteiger partial charge in [-0.1, -0.05) is 0 Å². The number of aryl methyl sites for hydroxylation is 1. The Balaban J connectivity index is 1.72. The van der Waals surface area contributed by atoms with Crippen LogP contribution in [-0.4, -0.2) is 20.3 Å². The molecule has 1 fully saturated rings. The van der Waals surface area contributed by atoms with Gasteiger partial charge in [0.05, 0.1) is 12.2 Å². The van der Waals surface area contributed by atoms with Gasteiger partial charge < -0.3 is 9.88 Å². The lowest BCUT2D eigenvalue weighted by Gasteiger charge is -2.13. The van der Waals surface area contributed by atoms with E-state index in [-0.39, 0.29) is 11.9 Å². The number of carbonyl (C=O) groups excluding carboxylic acids is 1. The number of nitrogens with zero attached hydrogens (tertiary/aromatic N) is 3. The Hall–Kier alpha value is -2.04. The molecule has 0 aliphatic heterocycles. The molecule has 0 bridgehead atoms. The second kappa shape index (κ2) is 4.57. The number of aromatic nitrogens is 3. The van der Waals surface area contributed by atoms with Crippen molar-refractivity contribution in [3.63, 3.8) is 0 Å². The summed E-state index contributed by atoms with van der Waals surface area (Å²) < 4.78 is 3.82. The molecule has 2 aromatic heterocycles. The third-order valence-electron chi connectivity index (χ3n) is 3.52. The van der Waals surface area contributed by atoms with Gasteiger partial charge in [-0.3, -0.25) is 9.48 Å². The van der Waals surface area contributed by atoms with Crippen molar-refractivity contribution in [3.05, 3.63) is 42.0 Å². The molecular formula is C14H18N4O. The van der Waals surface area contributed by atoms with E-state index in [9.17, 15) is 4.79 Å². The van der Waals surface area contributed by atoms with Crippen molar-refractivity contribution in [2.75, 3.05) is 0 Å². The predicted octanol–water partition coefficient (Wildman–Crippen LogP) is 2.05. The zero-order chi connectivity index (χ0) is 13.4. The Kier molecular flexibility index (Phi) is 2.89. The van der Waals surface area contributed by atoms with Gasteiger partial charge in [0.25, 0.3) is 5.91 Å². The van der Waals surface area contributed by atoms with Crippen molar-refractivity contribution >= 4 is 5.91 Å². The molecule has 1 saturated carbocycles. The first-order valence-corrected chi connectivity index (χ1v) is 6.61. The van der Waals surface area contributed by atoms with Gasteiger partial charge in [0.15, 0.2) is 0 Å².